The van der Waals surface area contributed by atoms with Gasteiger partial charge in [-0.05, 0) is 93.2 Å². The zero-order valence-electron chi connectivity index (χ0n) is 21.5. The third-order valence-electron chi connectivity index (χ3n) is 7.87. The molecule has 2 heterocycles. The summed E-state index contributed by atoms with van der Waals surface area (Å²) >= 11 is 0. The number of fused-ring (bicyclic) bond motifs is 1. The molecule has 2 unspecified atom stereocenters. The van der Waals surface area contributed by atoms with Gasteiger partial charge < -0.3 is 9.64 Å². The summed E-state index contributed by atoms with van der Waals surface area (Å²) in [5.41, 5.74) is 2.39. The Morgan fingerprint density at radius 3 is 2.34 bits per heavy atom. The van der Waals surface area contributed by atoms with Crippen molar-refractivity contribution in [3.8, 4) is 0 Å². The summed E-state index contributed by atoms with van der Waals surface area (Å²) in [6.45, 7) is 2.86. The van der Waals surface area contributed by atoms with Crippen molar-refractivity contribution in [1.29, 1.82) is 0 Å². The molecule has 1 fully saturated rings. The molecule has 0 bridgehead atoms. The lowest BCUT2D eigenvalue weighted by molar-refractivity contribution is 0.0288. The van der Waals surface area contributed by atoms with E-state index < -0.39 is 15.1 Å². The third kappa shape index (κ3) is 6.06. The minimum absolute atomic E-state index is 0.0468. The summed E-state index contributed by atoms with van der Waals surface area (Å²) in [7, 11) is -3.43. The first kappa shape index (κ1) is 26.7. The molecule has 0 spiro atoms. The van der Waals surface area contributed by atoms with Crippen molar-refractivity contribution >= 4 is 15.6 Å². The van der Waals surface area contributed by atoms with E-state index in [1.54, 1.807) is 24.3 Å². The van der Waals surface area contributed by atoms with Crippen LogP contribution in [0.3, 0.4) is 0 Å². The Morgan fingerprint density at radius 2 is 1.61 bits per heavy atom. The molecule has 0 N–H and O–H groups in total. The number of ether oxygens (including phenoxy) is 1. The number of rotatable bonds is 9. The van der Waals surface area contributed by atoms with Crippen LogP contribution in [0.4, 0.5) is 4.39 Å². The van der Waals surface area contributed by atoms with Crippen LogP contribution in [0.2, 0.25) is 0 Å². The number of carbonyl (C=O) groups is 1. The summed E-state index contributed by atoms with van der Waals surface area (Å²) in [6, 6.07) is 23.0. The van der Waals surface area contributed by atoms with Gasteiger partial charge in [0, 0.05) is 11.5 Å². The number of nitrogens with zero attached hydrogens (tertiary/aromatic N) is 1. The smallest absolute Gasteiger partial charge is 0.181 e. The van der Waals surface area contributed by atoms with Crippen molar-refractivity contribution in [2.75, 3.05) is 19.6 Å². The van der Waals surface area contributed by atoms with Crippen LogP contribution in [0.15, 0.2) is 83.8 Å². The molecule has 2 atom stereocenters. The van der Waals surface area contributed by atoms with Gasteiger partial charge in [-0.1, -0.05) is 48.5 Å². The zero-order valence-corrected chi connectivity index (χ0v) is 22.3. The van der Waals surface area contributed by atoms with Gasteiger partial charge in [0.1, 0.15) is 5.82 Å². The molecule has 0 saturated carbocycles. The standard InChI is InChI=1S/C31H34FNO4S/c32-26-14-12-24(13-15-26)31(34)25-16-19-33(20-17-25)18-6-9-27-21-29(37-22-23-7-2-1-3-8-23)28-10-4-5-11-30(28)38(27,35)36/h1-5,7-8,10-15,25,27,29H,6,9,16-22H2. The summed E-state index contributed by atoms with van der Waals surface area (Å²) in [5, 5.41) is -0.476. The second-order valence-electron chi connectivity index (χ2n) is 10.4. The monoisotopic (exact) mass is 535 g/mol. The van der Waals surface area contributed by atoms with Gasteiger partial charge in [-0.2, -0.15) is 0 Å². The van der Waals surface area contributed by atoms with Crippen molar-refractivity contribution in [2.45, 2.75) is 55.0 Å². The third-order valence-corrected chi connectivity index (χ3v) is 10.2. The second kappa shape index (κ2) is 11.9. The van der Waals surface area contributed by atoms with Crippen LogP contribution in [-0.2, 0) is 21.2 Å². The lowest BCUT2D eigenvalue weighted by Gasteiger charge is -2.33. The highest BCUT2D eigenvalue weighted by molar-refractivity contribution is 7.92. The molecule has 0 aromatic heterocycles. The highest BCUT2D eigenvalue weighted by atomic mass is 32.2. The van der Waals surface area contributed by atoms with Crippen molar-refractivity contribution in [1.82, 2.24) is 4.90 Å². The van der Waals surface area contributed by atoms with Gasteiger partial charge in [0.25, 0.3) is 0 Å². The Bertz CT molecular complexity index is 1340. The first-order valence-corrected chi connectivity index (χ1v) is 15.0. The molecule has 2 aliphatic rings. The average molecular weight is 536 g/mol. The highest BCUT2D eigenvalue weighted by Crippen LogP contribution is 2.40. The maximum Gasteiger partial charge on any atom is 0.181 e. The Hall–Kier alpha value is -2.87. The number of hydrogen-bond donors (Lipinski definition) is 0. The number of hydrogen-bond acceptors (Lipinski definition) is 5. The normalized spacial score (nSPS) is 21.6. The minimum Gasteiger partial charge on any atom is -0.369 e. The van der Waals surface area contributed by atoms with E-state index in [1.165, 1.54) is 12.1 Å². The molecule has 5 nitrogen and oxygen atoms in total. The molecule has 1 saturated heterocycles. The van der Waals surface area contributed by atoms with Crippen molar-refractivity contribution < 1.29 is 22.3 Å². The van der Waals surface area contributed by atoms with E-state index in [0.29, 0.717) is 29.9 Å². The largest absolute Gasteiger partial charge is 0.369 e. The molecule has 0 radical (unpaired) electrons. The highest BCUT2D eigenvalue weighted by Gasteiger charge is 2.39. The Kier molecular flexibility index (Phi) is 8.36. The molecule has 0 aliphatic carbocycles. The quantitative estimate of drug-likeness (QED) is 0.314. The Labute approximate surface area is 224 Å². The van der Waals surface area contributed by atoms with Gasteiger partial charge in [-0.25, -0.2) is 12.8 Å². The summed E-state index contributed by atoms with van der Waals surface area (Å²) in [4.78, 5) is 15.5. The molecule has 200 valence electrons. The van der Waals surface area contributed by atoms with E-state index in [9.17, 15) is 17.6 Å². The molecule has 7 heteroatoms. The van der Waals surface area contributed by atoms with Crippen LogP contribution >= 0.6 is 0 Å². The predicted molar refractivity (Wildman–Crippen MR) is 145 cm³/mol. The van der Waals surface area contributed by atoms with Gasteiger partial charge in [0.15, 0.2) is 15.6 Å². The van der Waals surface area contributed by atoms with Gasteiger partial charge in [-0.3, -0.25) is 4.79 Å². The Morgan fingerprint density at radius 1 is 0.921 bits per heavy atom. The number of Topliss-reactive ketones (excluding diaryl/α,β-unsaturated/α-hetero) is 1. The van der Waals surface area contributed by atoms with E-state index in [0.717, 1.165) is 50.0 Å². The van der Waals surface area contributed by atoms with Crippen LogP contribution in [0.1, 0.15) is 59.7 Å². The molecule has 5 rings (SSSR count). The van der Waals surface area contributed by atoms with E-state index in [4.69, 9.17) is 4.74 Å². The minimum atomic E-state index is -3.43. The number of piperidine rings is 1. The molecule has 3 aromatic rings. The second-order valence-corrected chi connectivity index (χ2v) is 12.6. The van der Waals surface area contributed by atoms with Crippen LogP contribution in [0.5, 0.6) is 0 Å². The predicted octanol–water partition coefficient (Wildman–Crippen LogP) is 6.00. The number of likely N-dealkylation sites (tertiary alicyclic amines) is 1. The first-order chi connectivity index (χ1) is 18.4. The topological polar surface area (TPSA) is 63.7 Å². The number of ketones is 1. The van der Waals surface area contributed by atoms with Gasteiger partial charge in [0.2, 0.25) is 0 Å². The van der Waals surface area contributed by atoms with Crippen LogP contribution in [0.25, 0.3) is 0 Å². The lowest BCUT2D eigenvalue weighted by atomic mass is 9.89. The molecular weight excluding hydrogens is 501 g/mol. The fourth-order valence-corrected chi connectivity index (χ4v) is 7.75. The fraction of sp³-hybridized carbons (Fsp3) is 0.387. The number of halogens is 1. The van der Waals surface area contributed by atoms with Crippen molar-refractivity contribution in [3.63, 3.8) is 0 Å². The Balaban J connectivity index is 1.16. The van der Waals surface area contributed by atoms with Gasteiger partial charge in [0.05, 0.1) is 22.9 Å². The van der Waals surface area contributed by atoms with Crippen molar-refractivity contribution in [2.24, 2.45) is 5.92 Å². The van der Waals surface area contributed by atoms with E-state index in [-0.39, 0.29) is 23.6 Å². The molecule has 2 aliphatic heterocycles. The van der Waals surface area contributed by atoms with Crippen LogP contribution < -0.4 is 0 Å². The van der Waals surface area contributed by atoms with E-state index in [1.807, 2.05) is 42.5 Å². The molecular formula is C31H34FNO4S. The van der Waals surface area contributed by atoms with Crippen molar-refractivity contribution in [3.05, 3.63) is 101 Å². The van der Waals surface area contributed by atoms with Gasteiger partial charge >= 0.3 is 0 Å². The fourth-order valence-electron chi connectivity index (χ4n) is 5.69. The number of carbonyl (C=O) groups excluding carboxylic acids is 1. The zero-order chi connectivity index (χ0) is 26.5. The maximum atomic E-state index is 13.4. The number of sulfone groups is 1. The van der Waals surface area contributed by atoms with Gasteiger partial charge in [-0.15, -0.1) is 0 Å². The maximum absolute atomic E-state index is 13.4. The summed E-state index contributed by atoms with van der Waals surface area (Å²) < 4.78 is 46.3. The van der Waals surface area contributed by atoms with Crippen LogP contribution in [-0.4, -0.2) is 44.0 Å². The van der Waals surface area contributed by atoms with Crippen LogP contribution in [0, 0.1) is 11.7 Å². The lowest BCUT2D eigenvalue weighted by Crippen LogP contribution is -2.37. The molecule has 0 amide bonds. The summed E-state index contributed by atoms with van der Waals surface area (Å²) in [6.07, 6.45) is 3.08. The molecule has 3 aromatic carbocycles. The van der Waals surface area contributed by atoms with E-state index >= 15 is 0 Å². The molecule has 38 heavy (non-hydrogen) atoms. The summed E-state index contributed by atoms with van der Waals surface area (Å²) in [5.74, 6) is -0.304. The first-order valence-electron chi connectivity index (χ1n) is 13.4. The average Bonchev–Trinajstić information content (AvgIpc) is 2.95. The number of benzene rings is 3. The SMILES string of the molecule is O=C(c1ccc(F)cc1)C1CCN(CCCC2CC(OCc3ccccc3)c3ccccc3S2(=O)=O)CC1. The van der Waals surface area contributed by atoms with E-state index in [2.05, 4.69) is 4.90 Å².